The Hall–Kier alpha value is -1.95. The van der Waals surface area contributed by atoms with Crippen LogP contribution in [-0.2, 0) is 21.0 Å². The van der Waals surface area contributed by atoms with Gasteiger partial charge < -0.3 is 15.3 Å². The Labute approximate surface area is 98.4 Å². The zero-order valence-corrected chi connectivity index (χ0v) is 9.20. The molecule has 2 heterocycles. The lowest BCUT2D eigenvalue weighted by Crippen LogP contribution is -2.28. The molecule has 0 radical (unpaired) electrons. The van der Waals surface area contributed by atoms with Crippen molar-refractivity contribution in [2.75, 3.05) is 6.61 Å². The topological polar surface area (TPSA) is 86.8 Å². The summed E-state index contributed by atoms with van der Waals surface area (Å²) >= 11 is 0. The number of hydrogen-bond donors (Lipinski definition) is 1. The molecule has 17 heavy (non-hydrogen) atoms. The molecule has 0 bridgehead atoms. The number of pyridine rings is 1. The molecule has 1 aromatic rings. The van der Waals surface area contributed by atoms with Crippen molar-refractivity contribution in [3.63, 3.8) is 0 Å². The molecule has 6 nitrogen and oxygen atoms in total. The second-order valence-corrected chi connectivity index (χ2v) is 3.67. The predicted octanol–water partition coefficient (Wildman–Crippen LogP) is 0.228. The van der Waals surface area contributed by atoms with Crippen LogP contribution in [0.5, 0.6) is 0 Å². The van der Waals surface area contributed by atoms with Crippen LogP contribution in [0.4, 0.5) is 0 Å². The fraction of sp³-hybridized carbons (Fsp3) is 0.364. The molecule has 2 rings (SSSR count). The number of oxime groups is 1. The zero-order valence-electron chi connectivity index (χ0n) is 9.20. The summed E-state index contributed by atoms with van der Waals surface area (Å²) in [5, 5.41) is 3.74. The molecule has 1 aliphatic rings. The number of hydrogen-bond acceptors (Lipinski definition) is 5. The minimum Gasteiger partial charge on any atom is -0.382 e. The largest absolute Gasteiger partial charge is 0.382 e. The summed E-state index contributed by atoms with van der Waals surface area (Å²) in [5.74, 6) is -0.506. The highest BCUT2D eigenvalue weighted by Crippen LogP contribution is 2.10. The van der Waals surface area contributed by atoms with Crippen LogP contribution >= 0.6 is 0 Å². The van der Waals surface area contributed by atoms with E-state index in [9.17, 15) is 4.79 Å². The fourth-order valence-corrected chi connectivity index (χ4v) is 1.42. The summed E-state index contributed by atoms with van der Waals surface area (Å²) in [6.07, 6.45) is 1.46. The Balaban J connectivity index is 1.72. The van der Waals surface area contributed by atoms with Crippen LogP contribution < -0.4 is 5.73 Å². The van der Waals surface area contributed by atoms with E-state index in [0.717, 1.165) is 5.69 Å². The van der Waals surface area contributed by atoms with Crippen LogP contribution in [0.15, 0.2) is 29.6 Å². The van der Waals surface area contributed by atoms with Crippen molar-refractivity contribution in [3.05, 3.63) is 30.1 Å². The summed E-state index contributed by atoms with van der Waals surface area (Å²) in [7, 11) is 0. The van der Waals surface area contributed by atoms with Crippen molar-refractivity contribution in [2.24, 2.45) is 10.9 Å². The molecule has 1 amide bonds. The first kappa shape index (κ1) is 11.5. The number of primary amides is 1. The molecule has 2 N–H and O–H groups in total. The van der Waals surface area contributed by atoms with Gasteiger partial charge in [0.1, 0.15) is 0 Å². The van der Waals surface area contributed by atoms with Gasteiger partial charge >= 0.3 is 0 Å². The third-order valence-corrected chi connectivity index (χ3v) is 2.29. The van der Waals surface area contributed by atoms with Crippen LogP contribution in [0.2, 0.25) is 0 Å². The van der Waals surface area contributed by atoms with Crippen molar-refractivity contribution in [1.29, 1.82) is 0 Å². The molecule has 0 aromatic carbocycles. The van der Waals surface area contributed by atoms with E-state index in [2.05, 4.69) is 10.1 Å². The van der Waals surface area contributed by atoms with Crippen molar-refractivity contribution in [2.45, 2.75) is 19.1 Å². The quantitative estimate of drug-likeness (QED) is 0.791. The van der Waals surface area contributed by atoms with Gasteiger partial charge in [-0.2, -0.15) is 0 Å². The van der Waals surface area contributed by atoms with Gasteiger partial charge in [0.05, 0.1) is 24.6 Å². The highest BCUT2D eigenvalue weighted by atomic mass is 16.6. The number of carbonyl (C=O) groups excluding carboxylic acids is 1. The molecular formula is C11H13N3O3. The minimum atomic E-state index is -0.650. The summed E-state index contributed by atoms with van der Waals surface area (Å²) in [6.45, 7) is 0.724. The van der Waals surface area contributed by atoms with Gasteiger partial charge in [-0.1, -0.05) is 11.2 Å². The lowest BCUT2D eigenvalue weighted by Gasteiger charge is -2.02. The van der Waals surface area contributed by atoms with Crippen molar-refractivity contribution in [1.82, 2.24) is 4.98 Å². The molecule has 0 aliphatic carbocycles. The van der Waals surface area contributed by atoms with Crippen LogP contribution in [0.25, 0.3) is 0 Å². The first-order valence-electron chi connectivity index (χ1n) is 5.24. The highest BCUT2D eigenvalue weighted by Gasteiger charge is 2.25. The van der Waals surface area contributed by atoms with E-state index in [4.69, 9.17) is 15.3 Å². The van der Waals surface area contributed by atoms with E-state index >= 15 is 0 Å². The smallest absolute Gasteiger partial charge is 0.261 e. The first-order valence-corrected chi connectivity index (χ1v) is 5.24. The van der Waals surface area contributed by atoms with Crippen LogP contribution in [0.3, 0.4) is 0 Å². The van der Waals surface area contributed by atoms with Gasteiger partial charge in [0, 0.05) is 12.6 Å². The molecule has 1 aliphatic heterocycles. The summed E-state index contributed by atoms with van der Waals surface area (Å²) in [4.78, 5) is 19.8. The van der Waals surface area contributed by atoms with E-state index < -0.39 is 12.0 Å². The lowest BCUT2D eigenvalue weighted by molar-refractivity contribution is -0.127. The summed E-state index contributed by atoms with van der Waals surface area (Å²) in [5.41, 5.74) is 6.62. The second-order valence-electron chi connectivity index (χ2n) is 3.67. The Morgan fingerprint density at radius 1 is 1.53 bits per heavy atom. The van der Waals surface area contributed by atoms with Crippen molar-refractivity contribution in [3.8, 4) is 0 Å². The standard InChI is InChI=1S/C11H13N3O3/c12-11(15)10-5-9(14-17-10)7-16-6-8-3-1-2-4-13-8/h1-4,10H,5-7H2,(H2,12,15). The molecule has 1 atom stereocenters. The third kappa shape index (κ3) is 3.25. The lowest BCUT2D eigenvalue weighted by atomic mass is 10.2. The maximum Gasteiger partial charge on any atom is 0.261 e. The Morgan fingerprint density at radius 2 is 2.41 bits per heavy atom. The van der Waals surface area contributed by atoms with Gasteiger partial charge in [0.2, 0.25) is 6.10 Å². The van der Waals surface area contributed by atoms with Gasteiger partial charge in [-0.05, 0) is 12.1 Å². The van der Waals surface area contributed by atoms with Gasteiger partial charge in [-0.25, -0.2) is 0 Å². The number of carbonyl (C=O) groups is 1. The summed E-state index contributed by atoms with van der Waals surface area (Å²) in [6, 6.07) is 5.61. The number of amides is 1. The zero-order chi connectivity index (χ0) is 12.1. The Kier molecular flexibility index (Phi) is 3.66. The number of nitrogens with zero attached hydrogens (tertiary/aromatic N) is 2. The van der Waals surface area contributed by atoms with Gasteiger partial charge in [0.15, 0.2) is 0 Å². The third-order valence-electron chi connectivity index (χ3n) is 2.29. The van der Waals surface area contributed by atoms with Gasteiger partial charge in [0.25, 0.3) is 5.91 Å². The SMILES string of the molecule is NC(=O)C1CC(COCc2ccccn2)=NO1. The molecule has 1 aromatic heterocycles. The molecule has 0 saturated heterocycles. The molecular weight excluding hydrogens is 222 g/mol. The molecule has 90 valence electrons. The van der Waals surface area contributed by atoms with E-state index in [-0.39, 0.29) is 0 Å². The van der Waals surface area contributed by atoms with Crippen molar-refractivity contribution >= 4 is 11.6 Å². The average Bonchev–Trinajstić information content (AvgIpc) is 2.79. The summed E-state index contributed by atoms with van der Waals surface area (Å²) < 4.78 is 5.41. The average molecular weight is 235 g/mol. The fourth-order valence-electron chi connectivity index (χ4n) is 1.42. The number of rotatable bonds is 5. The van der Waals surface area contributed by atoms with E-state index in [1.54, 1.807) is 6.20 Å². The van der Waals surface area contributed by atoms with Gasteiger partial charge in [-0.3, -0.25) is 9.78 Å². The Morgan fingerprint density at radius 3 is 3.06 bits per heavy atom. The van der Waals surface area contributed by atoms with Crippen molar-refractivity contribution < 1.29 is 14.4 Å². The number of nitrogens with two attached hydrogens (primary N) is 1. The molecule has 6 heteroatoms. The maximum atomic E-state index is 10.8. The van der Waals surface area contributed by atoms with Gasteiger partial charge in [-0.15, -0.1) is 0 Å². The second kappa shape index (κ2) is 5.40. The molecule has 0 spiro atoms. The van der Waals surface area contributed by atoms with E-state index in [1.807, 2.05) is 18.2 Å². The monoisotopic (exact) mass is 235 g/mol. The Bertz CT molecular complexity index is 419. The number of aromatic nitrogens is 1. The van der Waals surface area contributed by atoms with Crippen LogP contribution in [0, 0.1) is 0 Å². The van der Waals surface area contributed by atoms with Crippen LogP contribution in [-0.4, -0.2) is 29.3 Å². The maximum absolute atomic E-state index is 10.8. The minimum absolute atomic E-state index is 0.320. The number of ether oxygens (including phenoxy) is 1. The van der Waals surface area contributed by atoms with E-state index in [0.29, 0.717) is 25.3 Å². The highest BCUT2D eigenvalue weighted by molar-refractivity contribution is 5.92. The predicted molar refractivity (Wildman–Crippen MR) is 60.0 cm³/mol. The normalized spacial score (nSPS) is 18.6. The molecule has 1 unspecified atom stereocenters. The first-order chi connectivity index (χ1) is 8.25. The molecule has 0 fully saturated rings. The molecule has 0 saturated carbocycles. The van der Waals surface area contributed by atoms with E-state index in [1.165, 1.54) is 0 Å². The van der Waals surface area contributed by atoms with Crippen LogP contribution in [0.1, 0.15) is 12.1 Å².